The molecule has 8 heteroatoms. The number of nitrogens with one attached hydrogen (secondary N) is 2. The fourth-order valence-corrected chi connectivity index (χ4v) is 5.18. The summed E-state index contributed by atoms with van der Waals surface area (Å²) in [6, 6.07) is 1.94. The van der Waals surface area contributed by atoms with Crippen LogP contribution in [-0.4, -0.2) is 51.3 Å². The minimum atomic E-state index is -0.361. The lowest BCUT2D eigenvalue weighted by Crippen LogP contribution is -2.45. The standard InChI is InChI=1S/C24H32N6O2/c1-5-24(8-10-32-11-9-24)22(31)30(4)15-12-17-20(25-14-15)27-21(26-17)19-16-6-7-23(2,3)13-18(16)28-29-19/h12,14H,5-11,13H2,1-4H3,(H,28,29)(H,25,26,27). The third-order valence-corrected chi connectivity index (χ3v) is 7.48. The van der Waals surface area contributed by atoms with Gasteiger partial charge in [-0.3, -0.25) is 9.89 Å². The number of carbonyl (C=O) groups is 1. The maximum absolute atomic E-state index is 13.4. The fourth-order valence-electron chi connectivity index (χ4n) is 5.18. The van der Waals surface area contributed by atoms with Gasteiger partial charge in [0.25, 0.3) is 0 Å². The Kier molecular flexibility index (Phi) is 5.08. The van der Waals surface area contributed by atoms with Crippen LogP contribution in [0, 0.1) is 10.8 Å². The zero-order chi connectivity index (χ0) is 22.5. The van der Waals surface area contributed by atoms with Gasteiger partial charge in [0, 0.05) is 31.5 Å². The molecule has 1 aliphatic carbocycles. The first-order valence-electron chi connectivity index (χ1n) is 11.6. The molecule has 3 aromatic rings. The van der Waals surface area contributed by atoms with Gasteiger partial charge in [0.2, 0.25) is 5.91 Å². The molecule has 1 fully saturated rings. The maximum Gasteiger partial charge on any atom is 0.233 e. The summed E-state index contributed by atoms with van der Waals surface area (Å²) in [4.78, 5) is 27.8. The normalized spacial score (nSPS) is 19.6. The molecule has 2 aliphatic rings. The van der Waals surface area contributed by atoms with Crippen molar-refractivity contribution in [1.29, 1.82) is 0 Å². The van der Waals surface area contributed by atoms with E-state index in [1.165, 1.54) is 11.3 Å². The number of hydrogen-bond acceptors (Lipinski definition) is 5. The Bertz CT molecular complexity index is 1150. The molecule has 0 radical (unpaired) electrons. The van der Waals surface area contributed by atoms with Crippen molar-refractivity contribution in [3.8, 4) is 11.5 Å². The first-order valence-corrected chi connectivity index (χ1v) is 11.6. The van der Waals surface area contributed by atoms with Gasteiger partial charge in [0.05, 0.1) is 17.3 Å². The number of aromatic nitrogens is 5. The number of nitrogens with zero attached hydrogens (tertiary/aromatic N) is 4. The second kappa shape index (κ2) is 7.69. The highest BCUT2D eigenvalue weighted by Gasteiger charge is 2.40. The minimum Gasteiger partial charge on any atom is -0.381 e. The predicted molar refractivity (Wildman–Crippen MR) is 123 cm³/mol. The van der Waals surface area contributed by atoms with Crippen molar-refractivity contribution in [3.05, 3.63) is 23.5 Å². The lowest BCUT2D eigenvalue weighted by atomic mass is 9.76. The number of amides is 1. The quantitative estimate of drug-likeness (QED) is 0.643. The number of aromatic amines is 2. The van der Waals surface area contributed by atoms with Crippen LogP contribution in [0.3, 0.4) is 0 Å². The number of fused-ring (bicyclic) bond motifs is 2. The summed E-state index contributed by atoms with van der Waals surface area (Å²) in [6.45, 7) is 7.95. The van der Waals surface area contributed by atoms with Gasteiger partial charge >= 0.3 is 0 Å². The van der Waals surface area contributed by atoms with Crippen LogP contribution >= 0.6 is 0 Å². The number of carbonyl (C=O) groups excluding carboxylic acids is 1. The summed E-state index contributed by atoms with van der Waals surface area (Å²) >= 11 is 0. The van der Waals surface area contributed by atoms with Crippen LogP contribution in [0.2, 0.25) is 0 Å². The lowest BCUT2D eigenvalue weighted by Gasteiger charge is -2.37. The number of pyridine rings is 1. The molecule has 1 aliphatic heterocycles. The molecule has 32 heavy (non-hydrogen) atoms. The molecule has 0 saturated carbocycles. The summed E-state index contributed by atoms with van der Waals surface area (Å²) in [5.74, 6) is 0.856. The van der Waals surface area contributed by atoms with Gasteiger partial charge < -0.3 is 14.6 Å². The molecule has 0 bridgehead atoms. The number of imidazole rings is 1. The average molecular weight is 437 g/mol. The zero-order valence-electron chi connectivity index (χ0n) is 19.4. The Morgan fingerprint density at radius 1 is 1.25 bits per heavy atom. The van der Waals surface area contributed by atoms with Crippen molar-refractivity contribution in [2.24, 2.45) is 10.8 Å². The van der Waals surface area contributed by atoms with E-state index in [0.717, 1.165) is 61.2 Å². The molecule has 1 saturated heterocycles. The number of ether oxygens (including phenoxy) is 1. The highest BCUT2D eigenvalue weighted by molar-refractivity contribution is 5.98. The smallest absolute Gasteiger partial charge is 0.233 e. The molecule has 0 aromatic carbocycles. The van der Waals surface area contributed by atoms with E-state index >= 15 is 0 Å². The largest absolute Gasteiger partial charge is 0.381 e. The van der Waals surface area contributed by atoms with Crippen molar-refractivity contribution in [1.82, 2.24) is 25.1 Å². The predicted octanol–water partition coefficient (Wildman–Crippen LogP) is 4.03. The highest BCUT2D eigenvalue weighted by Crippen LogP contribution is 2.39. The van der Waals surface area contributed by atoms with Crippen LogP contribution in [0.4, 0.5) is 5.69 Å². The van der Waals surface area contributed by atoms with Crippen molar-refractivity contribution in [2.45, 2.75) is 59.3 Å². The zero-order valence-corrected chi connectivity index (χ0v) is 19.4. The molecule has 8 nitrogen and oxygen atoms in total. The monoisotopic (exact) mass is 436 g/mol. The van der Waals surface area contributed by atoms with Crippen LogP contribution in [0.5, 0.6) is 0 Å². The number of anilines is 1. The highest BCUT2D eigenvalue weighted by atomic mass is 16.5. The topological polar surface area (TPSA) is 99.8 Å². The third kappa shape index (κ3) is 3.50. The van der Waals surface area contributed by atoms with Crippen LogP contribution in [0.1, 0.15) is 57.7 Å². The first-order chi connectivity index (χ1) is 15.3. The van der Waals surface area contributed by atoms with E-state index in [2.05, 4.69) is 40.9 Å². The summed E-state index contributed by atoms with van der Waals surface area (Å²) in [5.41, 5.74) is 5.46. The summed E-state index contributed by atoms with van der Waals surface area (Å²) in [5, 5.41) is 7.80. The average Bonchev–Trinajstić information content (AvgIpc) is 3.40. The Hall–Kier alpha value is -2.74. The van der Waals surface area contributed by atoms with Crippen LogP contribution < -0.4 is 4.90 Å². The van der Waals surface area contributed by atoms with Gasteiger partial charge in [-0.05, 0) is 50.0 Å². The van der Waals surface area contributed by atoms with Gasteiger partial charge in [0.15, 0.2) is 11.5 Å². The number of rotatable bonds is 4. The van der Waals surface area contributed by atoms with Crippen molar-refractivity contribution in [2.75, 3.05) is 25.2 Å². The van der Waals surface area contributed by atoms with Crippen molar-refractivity contribution >= 4 is 22.8 Å². The lowest BCUT2D eigenvalue weighted by molar-refractivity contribution is -0.133. The number of H-pyrrole nitrogens is 2. The molecule has 0 unspecified atom stereocenters. The van der Waals surface area contributed by atoms with Gasteiger partial charge in [-0.2, -0.15) is 5.10 Å². The van der Waals surface area contributed by atoms with Gasteiger partial charge in [-0.1, -0.05) is 20.8 Å². The third-order valence-electron chi connectivity index (χ3n) is 7.48. The van der Waals surface area contributed by atoms with Crippen LogP contribution in [0.25, 0.3) is 22.7 Å². The van der Waals surface area contributed by atoms with Gasteiger partial charge in [-0.15, -0.1) is 0 Å². The molecule has 5 rings (SSSR count). The molecule has 0 spiro atoms. The summed E-state index contributed by atoms with van der Waals surface area (Å²) in [6.07, 6.45) is 7.19. The van der Waals surface area contributed by atoms with Crippen molar-refractivity contribution < 1.29 is 9.53 Å². The van der Waals surface area contributed by atoms with Gasteiger partial charge in [-0.25, -0.2) is 9.97 Å². The fraction of sp³-hybridized carbons (Fsp3) is 0.583. The van der Waals surface area contributed by atoms with E-state index in [-0.39, 0.29) is 11.3 Å². The first kappa shape index (κ1) is 21.1. The number of hydrogen-bond donors (Lipinski definition) is 2. The van der Waals surface area contributed by atoms with E-state index in [1.54, 1.807) is 11.1 Å². The Morgan fingerprint density at radius 3 is 2.78 bits per heavy atom. The van der Waals surface area contributed by atoms with E-state index in [9.17, 15) is 4.79 Å². The summed E-state index contributed by atoms with van der Waals surface area (Å²) < 4.78 is 5.50. The van der Waals surface area contributed by atoms with Crippen LogP contribution in [0.15, 0.2) is 12.3 Å². The van der Waals surface area contributed by atoms with E-state index in [4.69, 9.17) is 9.72 Å². The van der Waals surface area contributed by atoms with E-state index in [0.29, 0.717) is 24.3 Å². The Morgan fingerprint density at radius 2 is 2.03 bits per heavy atom. The molecule has 2 N–H and O–H groups in total. The van der Waals surface area contributed by atoms with Crippen molar-refractivity contribution in [3.63, 3.8) is 0 Å². The molecule has 4 heterocycles. The van der Waals surface area contributed by atoms with Gasteiger partial charge in [0.1, 0.15) is 11.2 Å². The minimum absolute atomic E-state index is 0.129. The molecular weight excluding hydrogens is 404 g/mol. The van der Waals surface area contributed by atoms with E-state index < -0.39 is 0 Å². The Labute approximate surface area is 188 Å². The molecule has 3 aromatic heterocycles. The maximum atomic E-state index is 13.4. The molecule has 0 atom stereocenters. The molecular formula is C24H32N6O2. The van der Waals surface area contributed by atoms with Crippen LogP contribution in [-0.2, 0) is 22.4 Å². The Balaban J connectivity index is 1.44. The molecule has 170 valence electrons. The second-order valence-electron chi connectivity index (χ2n) is 10.1. The molecule has 1 amide bonds. The SMILES string of the molecule is CCC1(C(=O)N(C)c2cnc3[nH]c(-c4n[nH]c5c4CCC(C)(C)C5)nc3c2)CCOCC1. The summed E-state index contributed by atoms with van der Waals surface area (Å²) in [7, 11) is 1.83. The second-order valence-corrected chi connectivity index (χ2v) is 10.1. The van der Waals surface area contributed by atoms with E-state index in [1.807, 2.05) is 13.1 Å².